The minimum absolute atomic E-state index is 0.146. The summed E-state index contributed by atoms with van der Waals surface area (Å²) in [4.78, 5) is 12.1. The molecule has 3 nitrogen and oxygen atoms in total. The van der Waals surface area contributed by atoms with E-state index in [2.05, 4.69) is 22.9 Å². The summed E-state index contributed by atoms with van der Waals surface area (Å²) >= 11 is 5.09. The number of methoxy groups -OCH3 is 1. The molecule has 0 amide bonds. The van der Waals surface area contributed by atoms with Gasteiger partial charge in [-0.05, 0) is 47.5 Å². The van der Waals surface area contributed by atoms with Crippen LogP contribution in [0.2, 0.25) is 0 Å². The lowest BCUT2D eigenvalue weighted by Crippen LogP contribution is -2.16. The summed E-state index contributed by atoms with van der Waals surface area (Å²) in [6.45, 7) is 2.88. The lowest BCUT2D eigenvalue weighted by Gasteiger charge is -2.13. The molecule has 0 radical (unpaired) electrons. The first kappa shape index (κ1) is 14.9. The first-order valence-electron chi connectivity index (χ1n) is 6.21. The van der Waals surface area contributed by atoms with Crippen LogP contribution in [-0.2, 0) is 4.74 Å². The van der Waals surface area contributed by atoms with E-state index in [1.54, 1.807) is 24.9 Å². The second-order valence-corrected chi connectivity index (χ2v) is 6.57. The normalized spacial score (nSPS) is 22.5. The summed E-state index contributed by atoms with van der Waals surface area (Å²) in [6.07, 6.45) is 1.28. The minimum atomic E-state index is 0.146. The Kier molecular flexibility index (Phi) is 5.30. The fourth-order valence-corrected chi connectivity index (χ4v) is 3.72. The molecule has 1 fully saturated rings. The van der Waals surface area contributed by atoms with Crippen LogP contribution in [-0.4, -0.2) is 36.6 Å². The molecule has 0 N–H and O–H groups in total. The van der Waals surface area contributed by atoms with Crippen molar-refractivity contribution in [1.82, 2.24) is 0 Å². The van der Waals surface area contributed by atoms with E-state index in [-0.39, 0.29) is 11.9 Å². The third kappa shape index (κ3) is 3.74. The van der Waals surface area contributed by atoms with E-state index in [9.17, 15) is 4.79 Å². The van der Waals surface area contributed by atoms with Crippen LogP contribution >= 0.6 is 27.7 Å². The smallest absolute Gasteiger partial charge is 0.172 e. The molecular weight excluding hydrogens is 328 g/mol. The number of ether oxygens (including phenoxy) is 2. The van der Waals surface area contributed by atoms with Gasteiger partial charge in [-0.2, -0.15) is 0 Å². The topological polar surface area (TPSA) is 35.5 Å². The predicted octanol–water partition coefficient (Wildman–Crippen LogP) is 3.55. The van der Waals surface area contributed by atoms with Crippen molar-refractivity contribution in [3.05, 3.63) is 28.2 Å². The van der Waals surface area contributed by atoms with Crippen molar-refractivity contribution >= 4 is 33.5 Å². The molecule has 2 rings (SSSR count). The van der Waals surface area contributed by atoms with E-state index in [4.69, 9.17) is 9.47 Å². The lowest BCUT2D eigenvalue weighted by molar-refractivity contribution is 0.102. The molecule has 0 aromatic heterocycles. The number of thioether (sulfide) groups is 1. The van der Waals surface area contributed by atoms with Crippen molar-refractivity contribution in [2.75, 3.05) is 19.5 Å². The van der Waals surface area contributed by atoms with Crippen LogP contribution in [0.3, 0.4) is 0 Å². The number of Topliss-reactive ketones (excluding diaryl/α,β-unsaturated/α-hetero) is 1. The molecular formula is C14H17BrO3S. The third-order valence-corrected chi connectivity index (χ3v) is 5.30. The highest BCUT2D eigenvalue weighted by Gasteiger charge is 2.25. The molecule has 0 aliphatic carbocycles. The van der Waals surface area contributed by atoms with E-state index in [1.165, 1.54) is 0 Å². The van der Waals surface area contributed by atoms with Crippen LogP contribution in [0.4, 0.5) is 0 Å². The van der Waals surface area contributed by atoms with Crippen LogP contribution in [0.1, 0.15) is 23.7 Å². The first-order valence-corrected chi connectivity index (χ1v) is 8.06. The molecule has 2 atom stereocenters. The van der Waals surface area contributed by atoms with E-state index < -0.39 is 0 Å². The van der Waals surface area contributed by atoms with Crippen LogP contribution in [0, 0.1) is 0 Å². The van der Waals surface area contributed by atoms with Gasteiger partial charge >= 0.3 is 0 Å². The van der Waals surface area contributed by atoms with Crippen molar-refractivity contribution in [2.45, 2.75) is 24.7 Å². The van der Waals surface area contributed by atoms with E-state index >= 15 is 0 Å². The Morgan fingerprint density at radius 3 is 2.95 bits per heavy atom. The van der Waals surface area contributed by atoms with Gasteiger partial charge in [0, 0.05) is 17.4 Å². The lowest BCUT2D eigenvalue weighted by atomic mass is 10.1. The minimum Gasteiger partial charge on any atom is -0.496 e. The number of rotatable bonds is 5. The fraction of sp³-hybridized carbons (Fsp3) is 0.500. The Hall–Kier alpha value is -0.520. The summed E-state index contributed by atoms with van der Waals surface area (Å²) in [5, 5.41) is 0.436. The molecule has 104 valence electrons. The van der Waals surface area contributed by atoms with Crippen molar-refractivity contribution in [3.63, 3.8) is 0 Å². The van der Waals surface area contributed by atoms with Crippen molar-refractivity contribution in [2.24, 2.45) is 0 Å². The molecule has 0 saturated carbocycles. The van der Waals surface area contributed by atoms with Gasteiger partial charge in [-0.15, -0.1) is 11.8 Å². The molecule has 1 aromatic rings. The molecule has 1 saturated heterocycles. The molecule has 1 heterocycles. The highest BCUT2D eigenvalue weighted by atomic mass is 79.9. The van der Waals surface area contributed by atoms with Gasteiger partial charge in [-0.25, -0.2) is 0 Å². The molecule has 1 aromatic carbocycles. The summed E-state index contributed by atoms with van der Waals surface area (Å²) in [5.41, 5.74) is 0.715. The number of carbonyl (C=O) groups excluding carboxylic acids is 1. The largest absolute Gasteiger partial charge is 0.496 e. The van der Waals surface area contributed by atoms with Gasteiger partial charge in [0.25, 0.3) is 0 Å². The Morgan fingerprint density at radius 2 is 2.37 bits per heavy atom. The Bertz CT molecular complexity index is 464. The Morgan fingerprint density at radius 1 is 1.58 bits per heavy atom. The highest BCUT2D eigenvalue weighted by molar-refractivity contribution is 9.10. The highest BCUT2D eigenvalue weighted by Crippen LogP contribution is 2.29. The number of carbonyl (C=O) groups is 1. The van der Waals surface area contributed by atoms with Crippen LogP contribution in [0.5, 0.6) is 5.75 Å². The van der Waals surface area contributed by atoms with Gasteiger partial charge in [0.15, 0.2) is 5.78 Å². The molecule has 0 spiro atoms. The monoisotopic (exact) mass is 344 g/mol. The van der Waals surface area contributed by atoms with Crippen molar-refractivity contribution in [3.8, 4) is 5.75 Å². The number of ketones is 1. The average Bonchev–Trinajstić information content (AvgIpc) is 2.81. The number of hydrogen-bond donors (Lipinski definition) is 0. The van der Waals surface area contributed by atoms with Crippen molar-refractivity contribution < 1.29 is 14.3 Å². The Labute approximate surface area is 126 Å². The fourth-order valence-electron chi connectivity index (χ4n) is 2.04. The van der Waals surface area contributed by atoms with Gasteiger partial charge in [0.05, 0.1) is 23.4 Å². The summed E-state index contributed by atoms with van der Waals surface area (Å²) in [7, 11) is 1.61. The first-order chi connectivity index (χ1) is 9.11. The van der Waals surface area contributed by atoms with Gasteiger partial charge in [0.1, 0.15) is 5.75 Å². The second-order valence-electron chi connectivity index (χ2n) is 4.49. The average molecular weight is 345 g/mol. The van der Waals surface area contributed by atoms with Gasteiger partial charge < -0.3 is 9.47 Å². The molecule has 0 bridgehead atoms. The number of halogens is 1. The SMILES string of the molecule is COc1ccc(C(=O)CSC2CCOC2C)cc1Br. The summed E-state index contributed by atoms with van der Waals surface area (Å²) in [5.74, 6) is 1.38. The summed E-state index contributed by atoms with van der Waals surface area (Å²) < 4.78 is 11.5. The predicted molar refractivity (Wildman–Crippen MR) is 81.3 cm³/mol. The van der Waals surface area contributed by atoms with Crippen molar-refractivity contribution in [1.29, 1.82) is 0 Å². The number of hydrogen-bond acceptors (Lipinski definition) is 4. The standard InChI is InChI=1S/C14H17BrO3S/c1-9-14(5-6-18-9)19-8-12(16)10-3-4-13(17-2)11(15)7-10/h3-4,7,9,14H,5-6,8H2,1-2H3. The van der Waals surface area contributed by atoms with E-state index in [1.807, 2.05) is 12.1 Å². The zero-order valence-electron chi connectivity index (χ0n) is 11.0. The van der Waals surface area contributed by atoms with Crippen LogP contribution in [0.15, 0.2) is 22.7 Å². The maximum Gasteiger partial charge on any atom is 0.172 e. The second kappa shape index (κ2) is 6.77. The zero-order valence-corrected chi connectivity index (χ0v) is 13.4. The molecule has 19 heavy (non-hydrogen) atoms. The number of benzene rings is 1. The van der Waals surface area contributed by atoms with Crippen LogP contribution < -0.4 is 4.74 Å². The van der Waals surface area contributed by atoms with Gasteiger partial charge in [-0.3, -0.25) is 4.79 Å². The molecule has 2 unspecified atom stereocenters. The third-order valence-electron chi connectivity index (χ3n) is 3.21. The van der Waals surface area contributed by atoms with Gasteiger partial charge in [-0.1, -0.05) is 0 Å². The molecule has 5 heteroatoms. The maximum absolute atomic E-state index is 12.1. The van der Waals surface area contributed by atoms with E-state index in [0.29, 0.717) is 16.6 Å². The Balaban J connectivity index is 1.94. The molecule has 1 aliphatic heterocycles. The molecule has 1 aliphatic rings. The van der Waals surface area contributed by atoms with E-state index in [0.717, 1.165) is 23.2 Å². The van der Waals surface area contributed by atoms with Crippen LogP contribution in [0.25, 0.3) is 0 Å². The van der Waals surface area contributed by atoms with Gasteiger partial charge in [0.2, 0.25) is 0 Å². The quantitative estimate of drug-likeness (QED) is 0.765. The summed E-state index contributed by atoms with van der Waals surface area (Å²) in [6, 6.07) is 5.43. The zero-order chi connectivity index (χ0) is 13.8. The maximum atomic E-state index is 12.1.